The predicted molar refractivity (Wildman–Crippen MR) is 299 cm³/mol. The van der Waals surface area contributed by atoms with E-state index < -0.39 is 139 Å². The van der Waals surface area contributed by atoms with Crippen LogP contribution in [0.4, 0.5) is 0 Å². The van der Waals surface area contributed by atoms with E-state index in [9.17, 15) is 52.7 Å². The molecule has 0 aliphatic carbocycles. The second kappa shape index (κ2) is 32.0. The van der Waals surface area contributed by atoms with Crippen LogP contribution in [0.25, 0.3) is 10.8 Å². The first kappa shape index (κ1) is 63.6. The highest BCUT2D eigenvalue weighted by Gasteiger charge is 2.40. The van der Waals surface area contributed by atoms with Crippen LogP contribution < -0.4 is 71.6 Å². The van der Waals surface area contributed by atoms with Crippen molar-refractivity contribution in [3.8, 4) is 0 Å². The van der Waals surface area contributed by atoms with E-state index in [1.54, 1.807) is 36.4 Å². The molecule has 428 valence electrons. The highest BCUT2D eigenvalue weighted by atomic mass is 32.1. The maximum absolute atomic E-state index is 14.4. The standard InChI is InChI=1S/C51H71N15O11S2/c52-32(26-78)43(70)62-36(23-29-15-16-30-11-4-5-12-31(30)21-29)47(74)63-35(22-28-9-2-1-3-10-28)46(73)60-34(17-18-40(53)67)45(72)64-37(24-41(54)68)48(75)65-38(27-79)50(77)66-20-8-14-39(66)49(76)61-33(44(71)59-25-42(55)69)13-6-7-19-58-51(56)57/h1-5,9-12,15-16,21,32-39,78-79H,6-8,13-14,17-20,22-27,52H2,(H2,53,67)(H2,54,68)(H2,55,69)(H,59,71)(H,60,73)(H,61,76)(H,62,70)(H,63,74)(H,64,72)(H,65,75)(H4,56,57,58)/t32-,33+,34-,35-,36+,37-,38-,39-/m0/s1. The van der Waals surface area contributed by atoms with Gasteiger partial charge >= 0.3 is 0 Å². The lowest BCUT2D eigenvalue weighted by atomic mass is 9.99. The highest BCUT2D eigenvalue weighted by Crippen LogP contribution is 2.21. The maximum Gasteiger partial charge on any atom is 0.246 e. The fourth-order valence-corrected chi connectivity index (χ4v) is 8.89. The topological polar surface area (TPSA) is 444 Å². The number of amides is 11. The maximum atomic E-state index is 14.4. The molecular formula is C51H71N15O11S2. The molecule has 4 rings (SSSR count). The van der Waals surface area contributed by atoms with Gasteiger partial charge in [0.05, 0.1) is 19.0 Å². The second-order valence-electron chi connectivity index (χ2n) is 18.8. The molecule has 79 heavy (non-hydrogen) atoms. The lowest BCUT2D eigenvalue weighted by Crippen LogP contribution is -2.61. The number of nitrogens with two attached hydrogens (primary N) is 6. The van der Waals surface area contributed by atoms with Gasteiger partial charge in [0.15, 0.2) is 5.96 Å². The van der Waals surface area contributed by atoms with E-state index in [1.807, 2.05) is 36.4 Å². The molecule has 11 amide bonds. The normalized spacial score (nSPS) is 15.5. The van der Waals surface area contributed by atoms with Crippen molar-refractivity contribution in [3.05, 3.63) is 83.9 Å². The van der Waals surface area contributed by atoms with Gasteiger partial charge in [0.2, 0.25) is 65.0 Å². The Bertz CT molecular complexity index is 2700. The molecule has 0 aromatic heterocycles. The van der Waals surface area contributed by atoms with Gasteiger partial charge in [0.25, 0.3) is 0 Å². The Balaban J connectivity index is 1.54. The summed E-state index contributed by atoms with van der Waals surface area (Å²) in [7, 11) is 0. The average Bonchev–Trinajstić information content (AvgIpc) is 3.93. The Hall–Kier alpha value is -7.98. The van der Waals surface area contributed by atoms with Crippen LogP contribution in [-0.2, 0) is 65.6 Å². The first-order valence-electron chi connectivity index (χ1n) is 25.4. The smallest absolute Gasteiger partial charge is 0.246 e. The van der Waals surface area contributed by atoms with Gasteiger partial charge in [0, 0.05) is 43.9 Å². The zero-order chi connectivity index (χ0) is 58.2. The van der Waals surface area contributed by atoms with Crippen molar-refractivity contribution >= 4 is 107 Å². The van der Waals surface area contributed by atoms with Crippen molar-refractivity contribution in [2.24, 2.45) is 39.4 Å². The van der Waals surface area contributed by atoms with Crippen molar-refractivity contribution < 1.29 is 52.7 Å². The minimum Gasteiger partial charge on any atom is -0.370 e. The predicted octanol–water partition coefficient (Wildman–Crippen LogP) is -4.10. The van der Waals surface area contributed by atoms with Crippen LogP contribution in [-0.4, -0.2) is 155 Å². The molecule has 26 nitrogen and oxygen atoms in total. The first-order chi connectivity index (χ1) is 37.6. The summed E-state index contributed by atoms with van der Waals surface area (Å²) in [5.41, 5.74) is 34.1. The SMILES string of the molecule is NC(=O)CC[C@H](NC(=O)[C@H](Cc1ccccc1)NC(=O)[C@@H](Cc1ccc2ccccc2c1)NC(=O)[C@@H](N)CS)C(=O)N[C@@H](CC(N)=O)C(=O)N[C@@H](CS)C(=O)N1CCC[C@H]1C(=O)N[C@H](CCCCN=C(N)N)C(=O)NCC(N)=O. The molecule has 0 unspecified atom stereocenters. The van der Waals surface area contributed by atoms with Crippen LogP contribution in [0.5, 0.6) is 0 Å². The molecule has 1 heterocycles. The van der Waals surface area contributed by atoms with Gasteiger partial charge in [-0.3, -0.25) is 57.7 Å². The summed E-state index contributed by atoms with van der Waals surface area (Å²) >= 11 is 8.39. The van der Waals surface area contributed by atoms with Gasteiger partial charge in [-0.05, 0) is 60.4 Å². The molecule has 0 bridgehead atoms. The Morgan fingerprint density at radius 1 is 0.570 bits per heavy atom. The number of fused-ring (bicyclic) bond motifs is 1. The summed E-state index contributed by atoms with van der Waals surface area (Å²) in [6.07, 6.45) is -0.504. The Morgan fingerprint density at radius 3 is 1.76 bits per heavy atom. The molecule has 28 heteroatoms. The molecule has 0 spiro atoms. The Kier molecular flexibility index (Phi) is 25.8. The number of nitrogens with one attached hydrogen (secondary N) is 7. The number of carbonyl (C=O) groups excluding carboxylic acids is 11. The fourth-order valence-electron chi connectivity index (χ4n) is 8.48. The van der Waals surface area contributed by atoms with Crippen LogP contribution >= 0.6 is 25.3 Å². The molecule has 1 saturated heterocycles. The van der Waals surface area contributed by atoms with E-state index in [2.05, 4.69) is 67.5 Å². The van der Waals surface area contributed by atoms with Crippen LogP contribution in [0.2, 0.25) is 0 Å². The Labute approximate surface area is 467 Å². The van der Waals surface area contributed by atoms with Crippen molar-refractivity contribution in [2.45, 2.75) is 113 Å². The molecule has 1 aliphatic rings. The summed E-state index contributed by atoms with van der Waals surface area (Å²) in [6.45, 7) is -0.211. The zero-order valence-corrected chi connectivity index (χ0v) is 45.2. The van der Waals surface area contributed by atoms with Crippen LogP contribution in [0.1, 0.15) is 62.5 Å². The molecule has 3 aromatic rings. The molecule has 0 saturated carbocycles. The number of nitrogens with zero attached hydrogens (tertiary/aromatic N) is 2. The van der Waals surface area contributed by atoms with Crippen LogP contribution in [0, 0.1) is 0 Å². The molecule has 1 aliphatic heterocycles. The largest absolute Gasteiger partial charge is 0.370 e. The highest BCUT2D eigenvalue weighted by molar-refractivity contribution is 7.80. The lowest BCUT2D eigenvalue weighted by molar-refractivity contribution is -0.142. The van der Waals surface area contributed by atoms with E-state index in [0.717, 1.165) is 10.8 Å². The third kappa shape index (κ3) is 21.1. The van der Waals surface area contributed by atoms with E-state index in [-0.39, 0.29) is 56.2 Å². The summed E-state index contributed by atoms with van der Waals surface area (Å²) < 4.78 is 0. The number of primary amides is 3. The fraction of sp³-hybridized carbons (Fsp3) is 0.451. The molecule has 0 radical (unpaired) electrons. The van der Waals surface area contributed by atoms with Gasteiger partial charge < -0.3 is 76.5 Å². The zero-order valence-electron chi connectivity index (χ0n) is 43.4. The number of unbranched alkanes of at least 4 members (excludes halogenated alkanes) is 1. The number of likely N-dealkylation sites (tertiary alicyclic amines) is 1. The molecule has 3 aromatic carbocycles. The van der Waals surface area contributed by atoms with Crippen molar-refractivity contribution in [2.75, 3.05) is 31.1 Å². The second-order valence-corrected chi connectivity index (χ2v) is 19.5. The van der Waals surface area contributed by atoms with Crippen molar-refractivity contribution in [3.63, 3.8) is 0 Å². The summed E-state index contributed by atoms with van der Waals surface area (Å²) in [5, 5.41) is 19.5. The number of hydrogen-bond donors (Lipinski definition) is 15. The third-order valence-electron chi connectivity index (χ3n) is 12.6. The van der Waals surface area contributed by atoms with Gasteiger partial charge in [-0.2, -0.15) is 25.3 Å². The Morgan fingerprint density at radius 2 is 1.14 bits per heavy atom. The third-order valence-corrected chi connectivity index (χ3v) is 13.3. The minimum absolute atomic E-state index is 0.0341. The van der Waals surface area contributed by atoms with Crippen molar-refractivity contribution in [1.29, 1.82) is 0 Å². The first-order valence-corrected chi connectivity index (χ1v) is 26.7. The van der Waals surface area contributed by atoms with Gasteiger partial charge in [0.1, 0.15) is 42.3 Å². The van der Waals surface area contributed by atoms with Gasteiger partial charge in [-0.25, -0.2) is 0 Å². The van der Waals surface area contributed by atoms with Crippen LogP contribution in [0.15, 0.2) is 77.8 Å². The van der Waals surface area contributed by atoms with Crippen molar-refractivity contribution in [1.82, 2.24) is 42.1 Å². The van der Waals surface area contributed by atoms with E-state index in [0.29, 0.717) is 30.4 Å². The molecule has 8 atom stereocenters. The monoisotopic (exact) mass is 1130 g/mol. The average molecular weight is 1130 g/mol. The molecule has 19 N–H and O–H groups in total. The van der Waals surface area contributed by atoms with E-state index in [1.165, 1.54) is 4.90 Å². The summed E-state index contributed by atoms with van der Waals surface area (Å²) in [5.74, 6) is -10.1. The number of carbonyl (C=O) groups is 11. The number of guanidine groups is 1. The lowest BCUT2D eigenvalue weighted by Gasteiger charge is -2.30. The number of rotatable bonds is 32. The summed E-state index contributed by atoms with van der Waals surface area (Å²) in [6, 6.07) is 10.5. The quantitative estimate of drug-likeness (QED) is 0.0122. The van der Waals surface area contributed by atoms with E-state index >= 15 is 0 Å². The molecular weight excluding hydrogens is 1060 g/mol. The van der Waals surface area contributed by atoms with Gasteiger partial charge in [-0.15, -0.1) is 0 Å². The summed E-state index contributed by atoms with van der Waals surface area (Å²) in [4.78, 5) is 152. The van der Waals surface area contributed by atoms with Gasteiger partial charge in [-0.1, -0.05) is 72.8 Å². The number of benzene rings is 3. The number of thiol groups is 2. The number of aliphatic imine (C=N–C) groups is 1. The minimum atomic E-state index is -1.79. The molecule has 1 fully saturated rings. The van der Waals surface area contributed by atoms with E-state index in [4.69, 9.17) is 34.4 Å². The number of hydrogen-bond acceptors (Lipinski definition) is 15. The van der Waals surface area contributed by atoms with Crippen LogP contribution in [0.3, 0.4) is 0 Å².